The molecule has 70 valence electrons. The van der Waals surface area contributed by atoms with Crippen LogP contribution < -0.4 is 5.73 Å². The van der Waals surface area contributed by atoms with Crippen LogP contribution in [0.2, 0.25) is 0 Å². The Hall–Kier alpha value is -0.740. The molecule has 0 aliphatic carbocycles. The Labute approximate surface area is 84.1 Å². The van der Waals surface area contributed by atoms with Gasteiger partial charge in [0.2, 0.25) is 0 Å². The Balaban J connectivity index is 2.83. The molecule has 1 aromatic carbocycles. The van der Waals surface area contributed by atoms with Crippen LogP contribution in [-0.2, 0) is 11.2 Å². The molecule has 2 N–H and O–H groups in total. The van der Waals surface area contributed by atoms with Gasteiger partial charge in [-0.25, -0.2) is 4.39 Å². The topological polar surface area (TPSA) is 43.1 Å². The van der Waals surface area contributed by atoms with Gasteiger partial charge in [-0.3, -0.25) is 4.79 Å². The van der Waals surface area contributed by atoms with Crippen molar-refractivity contribution in [2.24, 2.45) is 5.73 Å². The highest BCUT2D eigenvalue weighted by molar-refractivity contribution is 9.10. The van der Waals surface area contributed by atoms with Gasteiger partial charge in [-0.2, -0.15) is 0 Å². The number of hydrogen-bond acceptors (Lipinski definition) is 2. The fraction of sp³-hybridized carbons (Fsp3) is 0.222. The Morgan fingerprint density at radius 2 is 2.23 bits per heavy atom. The van der Waals surface area contributed by atoms with E-state index < -0.39 is 0 Å². The van der Waals surface area contributed by atoms with Gasteiger partial charge >= 0.3 is 0 Å². The van der Waals surface area contributed by atoms with E-state index in [0.717, 1.165) is 5.56 Å². The summed E-state index contributed by atoms with van der Waals surface area (Å²) in [5.41, 5.74) is 5.92. The number of benzene rings is 1. The highest BCUT2D eigenvalue weighted by atomic mass is 79.9. The van der Waals surface area contributed by atoms with E-state index in [9.17, 15) is 9.18 Å². The van der Waals surface area contributed by atoms with Gasteiger partial charge in [0, 0.05) is 10.9 Å². The zero-order valence-electron chi connectivity index (χ0n) is 6.89. The Bertz CT molecular complexity index is 327. The molecule has 13 heavy (non-hydrogen) atoms. The standard InChI is InChI=1S/C9H9BrFNO/c10-9-4-7(11)2-1-6(9)3-8(13)5-12/h1-2,4H,3,5,12H2. The molecular formula is C9H9BrFNO. The van der Waals surface area contributed by atoms with Crippen LogP contribution in [0.25, 0.3) is 0 Å². The van der Waals surface area contributed by atoms with E-state index in [0.29, 0.717) is 4.47 Å². The number of Topliss-reactive ketones (excluding diaryl/α,β-unsaturated/α-hetero) is 1. The van der Waals surface area contributed by atoms with Gasteiger partial charge in [0.25, 0.3) is 0 Å². The zero-order valence-corrected chi connectivity index (χ0v) is 8.47. The van der Waals surface area contributed by atoms with E-state index >= 15 is 0 Å². The van der Waals surface area contributed by atoms with Crippen LogP contribution in [0, 0.1) is 5.82 Å². The number of carbonyl (C=O) groups excluding carboxylic acids is 1. The smallest absolute Gasteiger partial charge is 0.150 e. The van der Waals surface area contributed by atoms with Gasteiger partial charge in [0.05, 0.1) is 6.54 Å². The molecule has 2 nitrogen and oxygen atoms in total. The van der Waals surface area contributed by atoms with Gasteiger partial charge in [0.1, 0.15) is 5.82 Å². The van der Waals surface area contributed by atoms with Crippen LogP contribution in [-0.4, -0.2) is 12.3 Å². The number of ketones is 1. The quantitative estimate of drug-likeness (QED) is 0.881. The largest absolute Gasteiger partial charge is 0.324 e. The SMILES string of the molecule is NCC(=O)Cc1ccc(F)cc1Br. The lowest BCUT2D eigenvalue weighted by molar-refractivity contribution is -0.117. The summed E-state index contributed by atoms with van der Waals surface area (Å²) < 4.78 is 13.2. The maximum absolute atomic E-state index is 12.6. The van der Waals surface area contributed by atoms with Crippen molar-refractivity contribution in [1.29, 1.82) is 0 Å². The van der Waals surface area contributed by atoms with Crippen molar-refractivity contribution in [2.45, 2.75) is 6.42 Å². The highest BCUT2D eigenvalue weighted by Gasteiger charge is 2.05. The van der Waals surface area contributed by atoms with Gasteiger partial charge in [-0.1, -0.05) is 22.0 Å². The molecule has 0 aliphatic rings. The molecule has 0 saturated heterocycles. The van der Waals surface area contributed by atoms with Crippen molar-refractivity contribution in [2.75, 3.05) is 6.54 Å². The molecule has 4 heteroatoms. The molecule has 0 amide bonds. The summed E-state index contributed by atoms with van der Waals surface area (Å²) >= 11 is 3.17. The number of nitrogens with two attached hydrogens (primary N) is 1. The van der Waals surface area contributed by atoms with Crippen molar-refractivity contribution in [3.8, 4) is 0 Å². The van der Waals surface area contributed by atoms with E-state index in [1.807, 2.05) is 0 Å². The molecule has 0 fully saturated rings. The molecule has 0 aliphatic heterocycles. The van der Waals surface area contributed by atoms with E-state index in [4.69, 9.17) is 5.73 Å². The highest BCUT2D eigenvalue weighted by Crippen LogP contribution is 2.18. The third-order valence-corrected chi connectivity index (χ3v) is 2.37. The summed E-state index contributed by atoms with van der Waals surface area (Å²) in [6.07, 6.45) is 0.247. The van der Waals surface area contributed by atoms with Gasteiger partial charge < -0.3 is 5.73 Å². The lowest BCUT2D eigenvalue weighted by Gasteiger charge is -2.02. The molecule has 1 aromatic rings. The van der Waals surface area contributed by atoms with Crippen molar-refractivity contribution >= 4 is 21.7 Å². The number of halogens is 2. The summed E-state index contributed by atoms with van der Waals surface area (Å²) in [6, 6.07) is 4.23. The summed E-state index contributed by atoms with van der Waals surface area (Å²) in [7, 11) is 0. The summed E-state index contributed by atoms with van der Waals surface area (Å²) in [6.45, 7) is 0.0177. The second kappa shape index (κ2) is 4.48. The maximum atomic E-state index is 12.6. The molecule has 0 atom stereocenters. The Morgan fingerprint density at radius 3 is 2.77 bits per heavy atom. The minimum atomic E-state index is -0.323. The van der Waals surface area contributed by atoms with Crippen LogP contribution in [0.1, 0.15) is 5.56 Å². The minimum Gasteiger partial charge on any atom is -0.324 e. The van der Waals surface area contributed by atoms with Crippen LogP contribution in [0.5, 0.6) is 0 Å². The first kappa shape index (κ1) is 10.3. The van der Waals surface area contributed by atoms with Crippen molar-refractivity contribution in [3.63, 3.8) is 0 Å². The first-order chi connectivity index (χ1) is 6.13. The fourth-order valence-corrected chi connectivity index (χ4v) is 1.44. The van der Waals surface area contributed by atoms with Crippen molar-refractivity contribution in [1.82, 2.24) is 0 Å². The first-order valence-electron chi connectivity index (χ1n) is 3.79. The van der Waals surface area contributed by atoms with E-state index in [-0.39, 0.29) is 24.6 Å². The maximum Gasteiger partial charge on any atom is 0.150 e. The van der Waals surface area contributed by atoms with Crippen LogP contribution >= 0.6 is 15.9 Å². The average molecular weight is 246 g/mol. The monoisotopic (exact) mass is 245 g/mol. The summed E-state index contributed by atoms with van der Waals surface area (Å²) in [5, 5.41) is 0. The zero-order chi connectivity index (χ0) is 9.84. The number of hydrogen-bond donors (Lipinski definition) is 1. The van der Waals surface area contributed by atoms with Gasteiger partial charge in [-0.15, -0.1) is 0 Å². The lowest BCUT2D eigenvalue weighted by atomic mass is 10.1. The molecular weight excluding hydrogens is 237 g/mol. The molecule has 0 bridgehead atoms. The Morgan fingerprint density at radius 1 is 1.54 bits per heavy atom. The second-order valence-electron chi connectivity index (χ2n) is 2.66. The molecule has 0 unspecified atom stereocenters. The summed E-state index contributed by atoms with van der Waals surface area (Å²) in [5.74, 6) is -0.386. The molecule has 0 heterocycles. The van der Waals surface area contributed by atoms with E-state index in [1.165, 1.54) is 12.1 Å². The van der Waals surface area contributed by atoms with Crippen LogP contribution in [0.3, 0.4) is 0 Å². The molecule has 0 saturated carbocycles. The van der Waals surface area contributed by atoms with Crippen molar-refractivity contribution in [3.05, 3.63) is 34.1 Å². The fourth-order valence-electron chi connectivity index (χ4n) is 0.950. The predicted octanol–water partition coefficient (Wildman–Crippen LogP) is 1.66. The average Bonchev–Trinajstić information content (AvgIpc) is 2.09. The first-order valence-corrected chi connectivity index (χ1v) is 4.58. The normalized spacial score (nSPS) is 10.1. The number of rotatable bonds is 3. The minimum absolute atomic E-state index is 0.0177. The van der Waals surface area contributed by atoms with Gasteiger partial charge in [0.15, 0.2) is 5.78 Å². The van der Waals surface area contributed by atoms with Gasteiger partial charge in [-0.05, 0) is 17.7 Å². The Kier molecular flexibility index (Phi) is 3.57. The lowest BCUT2D eigenvalue weighted by Crippen LogP contribution is -2.15. The van der Waals surface area contributed by atoms with E-state index in [2.05, 4.69) is 15.9 Å². The third kappa shape index (κ3) is 2.90. The molecule has 0 radical (unpaired) electrons. The third-order valence-electron chi connectivity index (χ3n) is 1.63. The van der Waals surface area contributed by atoms with Crippen molar-refractivity contribution < 1.29 is 9.18 Å². The van der Waals surface area contributed by atoms with Crippen LogP contribution in [0.15, 0.2) is 22.7 Å². The van der Waals surface area contributed by atoms with E-state index in [1.54, 1.807) is 6.07 Å². The summed E-state index contributed by atoms with van der Waals surface area (Å²) in [4.78, 5) is 11.0. The second-order valence-corrected chi connectivity index (χ2v) is 3.51. The molecule has 0 aromatic heterocycles. The molecule has 1 rings (SSSR count). The number of carbonyl (C=O) groups is 1. The van der Waals surface area contributed by atoms with Crippen LogP contribution in [0.4, 0.5) is 4.39 Å². The molecule has 0 spiro atoms. The predicted molar refractivity (Wildman–Crippen MR) is 51.9 cm³/mol.